The van der Waals surface area contributed by atoms with Gasteiger partial charge in [-0.2, -0.15) is 0 Å². The van der Waals surface area contributed by atoms with E-state index in [-0.39, 0.29) is 6.03 Å². The minimum atomic E-state index is 0.0237. The van der Waals surface area contributed by atoms with Gasteiger partial charge in [-0.05, 0) is 29.5 Å². The molecule has 1 heterocycles. The van der Waals surface area contributed by atoms with Crippen LogP contribution in [0.15, 0.2) is 54.6 Å². The summed E-state index contributed by atoms with van der Waals surface area (Å²) in [6, 6.07) is 18.4. The third kappa shape index (κ3) is 3.43. The van der Waals surface area contributed by atoms with Crippen LogP contribution < -0.4 is 5.32 Å². The maximum Gasteiger partial charge on any atom is 0.317 e. The van der Waals surface area contributed by atoms with Gasteiger partial charge in [0.2, 0.25) is 0 Å². The molecule has 2 amide bonds. The number of carbonyl (C=O) groups is 1. The van der Waals surface area contributed by atoms with E-state index in [1.54, 1.807) is 0 Å². The molecule has 1 aliphatic heterocycles. The Morgan fingerprint density at radius 2 is 1.71 bits per heavy atom. The Bertz CT molecular complexity index is 610. The highest BCUT2D eigenvalue weighted by atomic mass is 16.2. The predicted molar refractivity (Wildman–Crippen MR) is 83.9 cm³/mol. The van der Waals surface area contributed by atoms with Crippen molar-refractivity contribution in [2.75, 3.05) is 6.54 Å². The number of nitrogens with zero attached hydrogens (tertiary/aromatic N) is 1. The number of rotatable bonds is 2. The number of benzene rings is 2. The SMILES string of the molecule is O=C(NCc1ccccc1)N1CCCc2ccccc2C1. The molecule has 2 aromatic carbocycles. The second-order valence-corrected chi connectivity index (χ2v) is 5.44. The van der Waals surface area contributed by atoms with Gasteiger partial charge in [0.15, 0.2) is 0 Å². The van der Waals surface area contributed by atoms with Crippen LogP contribution in [0.3, 0.4) is 0 Å². The number of amides is 2. The van der Waals surface area contributed by atoms with Gasteiger partial charge in [-0.15, -0.1) is 0 Å². The van der Waals surface area contributed by atoms with Gasteiger partial charge in [-0.3, -0.25) is 0 Å². The Balaban J connectivity index is 1.63. The molecule has 3 rings (SSSR count). The molecular weight excluding hydrogens is 260 g/mol. The van der Waals surface area contributed by atoms with E-state index in [0.29, 0.717) is 13.1 Å². The molecule has 1 N–H and O–H groups in total. The highest BCUT2D eigenvalue weighted by molar-refractivity contribution is 5.74. The van der Waals surface area contributed by atoms with Crippen molar-refractivity contribution >= 4 is 6.03 Å². The van der Waals surface area contributed by atoms with Gasteiger partial charge in [0.1, 0.15) is 0 Å². The lowest BCUT2D eigenvalue weighted by Gasteiger charge is -2.21. The van der Waals surface area contributed by atoms with Crippen molar-refractivity contribution in [1.29, 1.82) is 0 Å². The molecule has 0 spiro atoms. The molecule has 21 heavy (non-hydrogen) atoms. The van der Waals surface area contributed by atoms with E-state index >= 15 is 0 Å². The second-order valence-electron chi connectivity index (χ2n) is 5.44. The summed E-state index contributed by atoms with van der Waals surface area (Å²) in [5.41, 5.74) is 3.77. The first-order valence-electron chi connectivity index (χ1n) is 7.46. The van der Waals surface area contributed by atoms with Crippen LogP contribution in [0.25, 0.3) is 0 Å². The van der Waals surface area contributed by atoms with Gasteiger partial charge in [0.25, 0.3) is 0 Å². The summed E-state index contributed by atoms with van der Waals surface area (Å²) in [6.45, 7) is 2.10. The Labute approximate surface area is 125 Å². The van der Waals surface area contributed by atoms with Crippen LogP contribution in [0, 0.1) is 0 Å². The van der Waals surface area contributed by atoms with Crippen molar-refractivity contribution in [3.8, 4) is 0 Å². The van der Waals surface area contributed by atoms with E-state index < -0.39 is 0 Å². The summed E-state index contributed by atoms with van der Waals surface area (Å²) in [7, 11) is 0. The van der Waals surface area contributed by atoms with Crippen LogP contribution in [0.1, 0.15) is 23.1 Å². The van der Waals surface area contributed by atoms with Crippen LogP contribution in [0.4, 0.5) is 4.79 Å². The van der Waals surface area contributed by atoms with Crippen LogP contribution in [-0.4, -0.2) is 17.5 Å². The van der Waals surface area contributed by atoms with Crippen LogP contribution in [0.2, 0.25) is 0 Å². The molecule has 0 bridgehead atoms. The fourth-order valence-corrected chi connectivity index (χ4v) is 2.76. The maximum atomic E-state index is 12.3. The quantitative estimate of drug-likeness (QED) is 0.899. The zero-order valence-corrected chi connectivity index (χ0v) is 12.1. The van der Waals surface area contributed by atoms with Crippen molar-refractivity contribution in [3.05, 3.63) is 71.3 Å². The molecule has 0 atom stereocenters. The monoisotopic (exact) mass is 280 g/mol. The molecule has 0 aliphatic carbocycles. The van der Waals surface area contributed by atoms with E-state index in [1.165, 1.54) is 11.1 Å². The average Bonchev–Trinajstić information content (AvgIpc) is 2.76. The molecule has 0 unspecified atom stereocenters. The Morgan fingerprint density at radius 1 is 1.00 bits per heavy atom. The first-order chi connectivity index (χ1) is 10.3. The summed E-state index contributed by atoms with van der Waals surface area (Å²) in [6.07, 6.45) is 2.08. The van der Waals surface area contributed by atoms with Crippen molar-refractivity contribution in [3.63, 3.8) is 0 Å². The third-order valence-electron chi connectivity index (χ3n) is 3.93. The number of carbonyl (C=O) groups excluding carboxylic acids is 1. The molecule has 3 heteroatoms. The summed E-state index contributed by atoms with van der Waals surface area (Å²) < 4.78 is 0. The Hall–Kier alpha value is -2.29. The van der Waals surface area contributed by atoms with E-state index in [0.717, 1.165) is 24.9 Å². The zero-order chi connectivity index (χ0) is 14.5. The van der Waals surface area contributed by atoms with Gasteiger partial charge < -0.3 is 10.2 Å². The molecule has 0 saturated carbocycles. The van der Waals surface area contributed by atoms with Gasteiger partial charge in [-0.25, -0.2) is 4.79 Å². The number of hydrogen-bond donors (Lipinski definition) is 1. The van der Waals surface area contributed by atoms with Crippen molar-refractivity contribution in [2.24, 2.45) is 0 Å². The molecule has 0 aromatic heterocycles. The van der Waals surface area contributed by atoms with E-state index in [9.17, 15) is 4.79 Å². The van der Waals surface area contributed by atoms with Crippen molar-refractivity contribution in [1.82, 2.24) is 10.2 Å². The van der Waals surface area contributed by atoms with Gasteiger partial charge >= 0.3 is 6.03 Å². The van der Waals surface area contributed by atoms with Crippen LogP contribution >= 0.6 is 0 Å². The summed E-state index contributed by atoms with van der Waals surface area (Å²) in [5.74, 6) is 0. The fraction of sp³-hybridized carbons (Fsp3) is 0.278. The maximum absolute atomic E-state index is 12.3. The minimum absolute atomic E-state index is 0.0237. The third-order valence-corrected chi connectivity index (χ3v) is 3.93. The second kappa shape index (κ2) is 6.44. The molecule has 0 fully saturated rings. The fourth-order valence-electron chi connectivity index (χ4n) is 2.76. The summed E-state index contributed by atoms with van der Waals surface area (Å²) >= 11 is 0. The topological polar surface area (TPSA) is 32.3 Å². The molecule has 1 aliphatic rings. The molecular formula is C18H20N2O. The number of hydrogen-bond acceptors (Lipinski definition) is 1. The molecule has 0 saturated heterocycles. The number of nitrogens with one attached hydrogen (secondary N) is 1. The highest BCUT2D eigenvalue weighted by Crippen LogP contribution is 2.18. The molecule has 108 valence electrons. The lowest BCUT2D eigenvalue weighted by atomic mass is 10.0. The van der Waals surface area contributed by atoms with Gasteiger partial charge in [0.05, 0.1) is 0 Å². The first-order valence-corrected chi connectivity index (χ1v) is 7.46. The standard InChI is InChI=1S/C18H20N2O/c21-18(19-13-15-7-2-1-3-8-15)20-12-6-11-16-9-4-5-10-17(16)14-20/h1-5,7-10H,6,11-14H2,(H,19,21). The van der Waals surface area contributed by atoms with Crippen LogP contribution in [-0.2, 0) is 19.5 Å². The smallest absolute Gasteiger partial charge is 0.317 e. The summed E-state index contributed by atoms with van der Waals surface area (Å²) in [5, 5.41) is 3.01. The van der Waals surface area contributed by atoms with Crippen molar-refractivity contribution in [2.45, 2.75) is 25.9 Å². The van der Waals surface area contributed by atoms with Crippen LogP contribution in [0.5, 0.6) is 0 Å². The lowest BCUT2D eigenvalue weighted by molar-refractivity contribution is 0.195. The number of aryl methyl sites for hydroxylation is 1. The summed E-state index contributed by atoms with van der Waals surface area (Å²) in [4.78, 5) is 14.3. The number of fused-ring (bicyclic) bond motifs is 1. The molecule has 0 radical (unpaired) electrons. The Morgan fingerprint density at radius 3 is 2.52 bits per heavy atom. The van der Waals surface area contributed by atoms with E-state index in [2.05, 4.69) is 23.5 Å². The molecule has 2 aromatic rings. The average molecular weight is 280 g/mol. The van der Waals surface area contributed by atoms with Gasteiger partial charge in [-0.1, -0.05) is 54.6 Å². The minimum Gasteiger partial charge on any atom is -0.334 e. The highest BCUT2D eigenvalue weighted by Gasteiger charge is 2.18. The van der Waals surface area contributed by atoms with Crippen molar-refractivity contribution < 1.29 is 4.79 Å². The molecule has 3 nitrogen and oxygen atoms in total. The first kappa shape index (κ1) is 13.7. The van der Waals surface area contributed by atoms with E-state index in [4.69, 9.17) is 0 Å². The Kier molecular flexibility index (Phi) is 4.20. The lowest BCUT2D eigenvalue weighted by Crippen LogP contribution is -2.39. The van der Waals surface area contributed by atoms with Gasteiger partial charge in [0, 0.05) is 19.6 Å². The normalized spacial score (nSPS) is 14.2. The zero-order valence-electron chi connectivity index (χ0n) is 12.1. The predicted octanol–water partition coefficient (Wildman–Crippen LogP) is 3.34. The number of urea groups is 1. The largest absolute Gasteiger partial charge is 0.334 e. The van der Waals surface area contributed by atoms with E-state index in [1.807, 2.05) is 41.3 Å².